The Hall–Kier alpha value is -4.98. The van der Waals surface area contributed by atoms with Crippen LogP contribution in [0.1, 0.15) is 30.4 Å². The zero-order valence-corrected chi connectivity index (χ0v) is 22.0. The van der Waals surface area contributed by atoms with Crippen LogP contribution in [0.25, 0.3) is 0 Å². The number of nitrogens with two attached hydrogens (primary N) is 2. The quantitative estimate of drug-likeness (QED) is 0.119. The fraction of sp³-hybridized carbons (Fsp3) is 0.333. The van der Waals surface area contributed by atoms with E-state index in [1.807, 2.05) is 0 Å². The molecule has 0 aromatic heterocycles. The summed E-state index contributed by atoms with van der Waals surface area (Å²) in [5.74, 6) is -6.35. The van der Waals surface area contributed by atoms with Gasteiger partial charge in [-0.1, -0.05) is 42.5 Å². The summed E-state index contributed by atoms with van der Waals surface area (Å²) in [6, 6.07) is 8.80. The average molecular weight is 572 g/mol. The highest BCUT2D eigenvalue weighted by Gasteiger charge is 2.31. The van der Waals surface area contributed by atoms with Gasteiger partial charge in [-0.25, -0.2) is 4.79 Å². The predicted octanol–water partition coefficient (Wildman–Crippen LogP) is -1.22. The number of hydrogen-bond acceptors (Lipinski definition) is 8. The van der Waals surface area contributed by atoms with Crippen molar-refractivity contribution in [1.29, 1.82) is 0 Å². The van der Waals surface area contributed by atoms with Crippen LogP contribution in [0.3, 0.4) is 0 Å². The number of phenols is 1. The molecule has 10 N–H and O–H groups in total. The van der Waals surface area contributed by atoms with Crippen molar-refractivity contribution in [3.05, 3.63) is 65.7 Å². The fourth-order valence-corrected chi connectivity index (χ4v) is 3.79. The molecule has 0 aliphatic heterocycles. The Morgan fingerprint density at radius 3 is 1.80 bits per heavy atom. The number of carboxylic acid groups (broad SMARTS) is 2. The number of benzene rings is 2. The van der Waals surface area contributed by atoms with Crippen molar-refractivity contribution in [1.82, 2.24) is 16.0 Å². The number of aromatic hydroxyl groups is 1. The van der Waals surface area contributed by atoms with Gasteiger partial charge in [0, 0.05) is 12.8 Å². The predicted molar refractivity (Wildman–Crippen MR) is 144 cm³/mol. The van der Waals surface area contributed by atoms with Crippen LogP contribution < -0.4 is 27.4 Å². The molecule has 4 amide bonds. The van der Waals surface area contributed by atoms with Gasteiger partial charge in [-0.05, 0) is 36.1 Å². The highest BCUT2D eigenvalue weighted by atomic mass is 16.4. The maximum Gasteiger partial charge on any atom is 0.326 e. The molecule has 0 spiro atoms. The van der Waals surface area contributed by atoms with Crippen molar-refractivity contribution in [3.63, 3.8) is 0 Å². The fourth-order valence-electron chi connectivity index (χ4n) is 3.79. The molecule has 0 bridgehead atoms. The maximum absolute atomic E-state index is 13.3. The van der Waals surface area contributed by atoms with E-state index >= 15 is 0 Å². The van der Waals surface area contributed by atoms with Crippen LogP contribution in [0.2, 0.25) is 0 Å². The smallest absolute Gasteiger partial charge is 0.326 e. The van der Waals surface area contributed by atoms with Gasteiger partial charge in [-0.2, -0.15) is 0 Å². The number of carbonyl (C=O) groups is 6. The van der Waals surface area contributed by atoms with Crippen molar-refractivity contribution >= 4 is 35.6 Å². The number of phenolic OH excluding ortho intramolecular Hbond substituents is 1. The Bertz CT molecular complexity index is 1240. The zero-order valence-electron chi connectivity index (χ0n) is 22.0. The van der Waals surface area contributed by atoms with Crippen LogP contribution in [0.15, 0.2) is 54.6 Å². The van der Waals surface area contributed by atoms with Crippen molar-refractivity contribution in [2.75, 3.05) is 0 Å². The second-order valence-corrected chi connectivity index (χ2v) is 9.29. The van der Waals surface area contributed by atoms with Crippen LogP contribution in [-0.2, 0) is 41.6 Å². The SMILES string of the molecule is NC(=O)CCC(NC(=O)C(N)Cc1ccc(O)cc1)C(=O)NC(Cc1ccccc1)C(=O)NC(CC(=O)O)C(=O)O. The lowest BCUT2D eigenvalue weighted by molar-refractivity contribution is -0.147. The van der Waals surface area contributed by atoms with E-state index in [2.05, 4.69) is 16.0 Å². The van der Waals surface area contributed by atoms with Crippen LogP contribution in [-0.4, -0.2) is 75.1 Å². The highest BCUT2D eigenvalue weighted by molar-refractivity contribution is 5.95. The van der Waals surface area contributed by atoms with Gasteiger partial charge in [0.05, 0.1) is 12.5 Å². The minimum Gasteiger partial charge on any atom is -0.508 e. The summed E-state index contributed by atoms with van der Waals surface area (Å²) in [6.07, 6.45) is -1.45. The van der Waals surface area contributed by atoms with Gasteiger partial charge in [-0.3, -0.25) is 24.0 Å². The first kappa shape index (κ1) is 32.2. The molecule has 2 rings (SSSR count). The van der Waals surface area contributed by atoms with E-state index in [9.17, 15) is 39.0 Å². The van der Waals surface area contributed by atoms with Crippen LogP contribution in [0.4, 0.5) is 0 Å². The third-order valence-corrected chi connectivity index (χ3v) is 5.95. The monoisotopic (exact) mass is 571 g/mol. The maximum atomic E-state index is 13.3. The summed E-state index contributed by atoms with van der Waals surface area (Å²) in [4.78, 5) is 73.1. The van der Waals surface area contributed by atoms with E-state index in [0.29, 0.717) is 11.1 Å². The van der Waals surface area contributed by atoms with E-state index in [1.165, 1.54) is 12.1 Å². The minimum absolute atomic E-state index is 0.0293. The van der Waals surface area contributed by atoms with Gasteiger partial charge >= 0.3 is 11.9 Å². The molecule has 0 saturated heterocycles. The topological polar surface area (TPSA) is 251 Å². The standard InChI is InChI=1S/C27H33N5O9/c28-18(12-16-6-8-17(33)9-7-16)24(37)30-19(10-11-22(29)34)25(38)31-20(13-15-4-2-1-3-5-15)26(39)32-21(27(40)41)14-23(35)36/h1-9,18-21,33H,10-14,28H2,(H2,29,34)(H,30,37)(H,31,38)(H,32,39)(H,35,36)(H,40,41). The van der Waals surface area contributed by atoms with Crippen molar-refractivity contribution in [2.45, 2.75) is 56.3 Å². The molecule has 4 atom stereocenters. The zero-order chi connectivity index (χ0) is 30.5. The first-order valence-corrected chi connectivity index (χ1v) is 12.6. The molecule has 14 heteroatoms. The van der Waals surface area contributed by atoms with Crippen molar-refractivity contribution < 1.29 is 44.1 Å². The Labute approximate surface area is 235 Å². The lowest BCUT2D eigenvalue weighted by Gasteiger charge is -2.25. The third-order valence-electron chi connectivity index (χ3n) is 5.95. The summed E-state index contributed by atoms with van der Waals surface area (Å²) in [6.45, 7) is 0. The summed E-state index contributed by atoms with van der Waals surface area (Å²) in [5, 5.41) is 34.8. The van der Waals surface area contributed by atoms with Gasteiger partial charge < -0.3 is 42.7 Å². The molecule has 0 fully saturated rings. The Kier molecular flexibility index (Phi) is 12.2. The van der Waals surface area contributed by atoms with Gasteiger partial charge in [0.25, 0.3) is 0 Å². The first-order chi connectivity index (χ1) is 19.3. The van der Waals surface area contributed by atoms with Crippen LogP contribution in [0, 0.1) is 0 Å². The number of nitrogens with one attached hydrogen (secondary N) is 3. The molecule has 220 valence electrons. The van der Waals surface area contributed by atoms with Gasteiger partial charge in [-0.15, -0.1) is 0 Å². The Morgan fingerprint density at radius 2 is 1.24 bits per heavy atom. The molecule has 41 heavy (non-hydrogen) atoms. The summed E-state index contributed by atoms with van der Waals surface area (Å²) < 4.78 is 0. The third kappa shape index (κ3) is 11.3. The number of carbonyl (C=O) groups excluding carboxylic acids is 4. The van der Waals surface area contributed by atoms with Gasteiger partial charge in [0.1, 0.15) is 23.9 Å². The Balaban J connectivity index is 2.22. The minimum atomic E-state index is -1.77. The molecule has 14 nitrogen and oxygen atoms in total. The van der Waals surface area contributed by atoms with Crippen molar-refractivity contribution in [2.24, 2.45) is 11.5 Å². The van der Waals surface area contributed by atoms with Crippen LogP contribution >= 0.6 is 0 Å². The molecule has 0 radical (unpaired) electrons. The van der Waals surface area contributed by atoms with Crippen molar-refractivity contribution in [3.8, 4) is 5.75 Å². The van der Waals surface area contributed by atoms with E-state index < -0.39 is 66.2 Å². The second kappa shape index (κ2) is 15.6. The molecule has 4 unspecified atom stereocenters. The van der Waals surface area contributed by atoms with Gasteiger partial charge in [0.2, 0.25) is 23.6 Å². The van der Waals surface area contributed by atoms with E-state index in [-0.39, 0.29) is 31.4 Å². The lowest BCUT2D eigenvalue weighted by Crippen LogP contribution is -2.58. The number of amides is 4. The molecule has 2 aromatic rings. The number of rotatable bonds is 16. The second-order valence-electron chi connectivity index (χ2n) is 9.29. The summed E-state index contributed by atoms with van der Waals surface area (Å²) in [5.41, 5.74) is 12.5. The van der Waals surface area contributed by atoms with E-state index in [4.69, 9.17) is 16.6 Å². The normalized spacial score (nSPS) is 13.6. The average Bonchev–Trinajstić information content (AvgIpc) is 2.91. The molecule has 0 heterocycles. The molecular formula is C27H33N5O9. The Morgan fingerprint density at radius 1 is 0.707 bits per heavy atom. The molecule has 0 saturated carbocycles. The number of aliphatic carboxylic acids is 2. The number of hydrogen-bond donors (Lipinski definition) is 8. The first-order valence-electron chi connectivity index (χ1n) is 12.6. The number of primary amides is 1. The summed E-state index contributed by atoms with van der Waals surface area (Å²) in [7, 11) is 0. The largest absolute Gasteiger partial charge is 0.508 e. The van der Waals surface area contributed by atoms with Gasteiger partial charge in [0.15, 0.2) is 0 Å². The summed E-state index contributed by atoms with van der Waals surface area (Å²) >= 11 is 0. The molecular weight excluding hydrogens is 538 g/mol. The van der Waals surface area contributed by atoms with E-state index in [0.717, 1.165) is 0 Å². The highest BCUT2D eigenvalue weighted by Crippen LogP contribution is 2.11. The van der Waals surface area contributed by atoms with E-state index in [1.54, 1.807) is 42.5 Å². The lowest BCUT2D eigenvalue weighted by atomic mass is 10.0. The molecule has 2 aromatic carbocycles. The molecule has 0 aliphatic rings. The molecule has 0 aliphatic carbocycles. The number of carboxylic acids is 2. The van der Waals surface area contributed by atoms with Crippen LogP contribution in [0.5, 0.6) is 5.75 Å².